The normalized spacial score (nSPS) is 12.4. The lowest BCUT2D eigenvalue weighted by atomic mass is 10.1. The second-order valence-electron chi connectivity index (χ2n) is 4.68. The van der Waals surface area contributed by atoms with Crippen LogP contribution in [0.2, 0.25) is 0 Å². The molecule has 1 atom stereocenters. The average Bonchev–Trinajstić information content (AvgIpc) is 2.21. The molecule has 0 amide bonds. The van der Waals surface area contributed by atoms with Crippen molar-refractivity contribution in [1.29, 1.82) is 0 Å². The van der Waals surface area contributed by atoms with Crippen LogP contribution in [0.5, 0.6) is 0 Å². The average molecular weight is 228 g/mol. The van der Waals surface area contributed by atoms with Crippen molar-refractivity contribution in [2.45, 2.75) is 84.7 Å². The smallest absolute Gasteiger partial charge is 0.302 e. The zero-order valence-corrected chi connectivity index (χ0v) is 11.3. The van der Waals surface area contributed by atoms with Crippen LogP contribution in [0.25, 0.3) is 0 Å². The van der Waals surface area contributed by atoms with E-state index in [1.165, 1.54) is 58.3 Å². The summed E-state index contributed by atoms with van der Waals surface area (Å²) in [6, 6.07) is 0. The molecule has 16 heavy (non-hydrogen) atoms. The highest BCUT2D eigenvalue weighted by molar-refractivity contribution is 5.66. The molecule has 0 aliphatic rings. The minimum Gasteiger partial charge on any atom is -0.463 e. The number of hydrogen-bond donors (Lipinski definition) is 0. The van der Waals surface area contributed by atoms with Gasteiger partial charge in [0.05, 0.1) is 6.10 Å². The molecule has 2 nitrogen and oxygen atoms in total. The highest BCUT2D eigenvalue weighted by Gasteiger charge is 2.04. The van der Waals surface area contributed by atoms with E-state index in [1.54, 1.807) is 0 Å². The van der Waals surface area contributed by atoms with Crippen molar-refractivity contribution in [3.05, 3.63) is 0 Å². The molecule has 0 aromatic rings. The third kappa shape index (κ3) is 11.5. The predicted molar refractivity (Wildman–Crippen MR) is 68.5 cm³/mol. The first-order valence-corrected chi connectivity index (χ1v) is 6.84. The molecule has 2 heteroatoms. The van der Waals surface area contributed by atoms with Crippen molar-refractivity contribution < 1.29 is 9.53 Å². The van der Waals surface area contributed by atoms with E-state index < -0.39 is 0 Å². The van der Waals surface area contributed by atoms with E-state index >= 15 is 0 Å². The van der Waals surface area contributed by atoms with Crippen LogP contribution in [0.4, 0.5) is 0 Å². The lowest BCUT2D eigenvalue weighted by Crippen LogP contribution is -2.11. The lowest BCUT2D eigenvalue weighted by Gasteiger charge is -2.11. The minimum atomic E-state index is -0.160. The van der Waals surface area contributed by atoms with Gasteiger partial charge in [-0.15, -0.1) is 0 Å². The van der Waals surface area contributed by atoms with Crippen molar-refractivity contribution in [3.8, 4) is 0 Å². The Morgan fingerprint density at radius 2 is 1.50 bits per heavy atom. The maximum atomic E-state index is 10.7. The van der Waals surface area contributed by atoms with Crippen molar-refractivity contribution >= 4 is 5.97 Å². The first-order chi connectivity index (χ1) is 7.66. The van der Waals surface area contributed by atoms with Crippen molar-refractivity contribution in [2.75, 3.05) is 0 Å². The fourth-order valence-corrected chi connectivity index (χ4v) is 1.91. The summed E-state index contributed by atoms with van der Waals surface area (Å²) >= 11 is 0. The molecule has 0 saturated heterocycles. The van der Waals surface area contributed by atoms with Gasteiger partial charge >= 0.3 is 5.97 Å². The number of ether oxygens (including phenoxy) is 1. The molecule has 0 aromatic heterocycles. The summed E-state index contributed by atoms with van der Waals surface area (Å²) < 4.78 is 5.07. The Morgan fingerprint density at radius 1 is 1.00 bits per heavy atom. The molecular formula is C14H28O2. The van der Waals surface area contributed by atoms with Gasteiger partial charge in [-0.2, -0.15) is 0 Å². The van der Waals surface area contributed by atoms with Gasteiger partial charge in [0, 0.05) is 6.92 Å². The van der Waals surface area contributed by atoms with E-state index in [4.69, 9.17) is 4.74 Å². The van der Waals surface area contributed by atoms with Gasteiger partial charge in [-0.05, 0) is 19.8 Å². The molecule has 0 spiro atoms. The van der Waals surface area contributed by atoms with Gasteiger partial charge < -0.3 is 4.74 Å². The van der Waals surface area contributed by atoms with Gasteiger partial charge in [0.1, 0.15) is 0 Å². The Bertz CT molecular complexity index is 166. The molecule has 96 valence electrons. The molecule has 0 N–H and O–H groups in total. The second kappa shape index (κ2) is 11.0. The standard InChI is InChI=1S/C14H28O2/c1-4-5-6-7-8-9-10-11-12-13(2)16-14(3)15/h13H,4-12H2,1-3H3/t13-/m0/s1. The third-order valence-corrected chi connectivity index (χ3v) is 2.83. The van der Waals surface area contributed by atoms with E-state index in [0.29, 0.717) is 0 Å². The molecule has 0 unspecified atom stereocenters. The highest BCUT2D eigenvalue weighted by Crippen LogP contribution is 2.11. The minimum absolute atomic E-state index is 0.0950. The van der Waals surface area contributed by atoms with E-state index in [0.717, 1.165) is 6.42 Å². The number of hydrogen-bond acceptors (Lipinski definition) is 2. The van der Waals surface area contributed by atoms with Crippen LogP contribution >= 0.6 is 0 Å². The molecule has 0 aliphatic carbocycles. The molecule has 0 heterocycles. The van der Waals surface area contributed by atoms with Crippen molar-refractivity contribution in [3.63, 3.8) is 0 Å². The number of esters is 1. The zero-order valence-electron chi connectivity index (χ0n) is 11.3. The van der Waals surface area contributed by atoms with Crippen LogP contribution < -0.4 is 0 Å². The Labute approximate surface area is 101 Å². The van der Waals surface area contributed by atoms with Crippen LogP contribution in [0.1, 0.15) is 78.6 Å². The summed E-state index contributed by atoms with van der Waals surface area (Å²) in [6.07, 6.45) is 11.7. The van der Waals surface area contributed by atoms with Crippen molar-refractivity contribution in [2.24, 2.45) is 0 Å². The topological polar surface area (TPSA) is 26.3 Å². The monoisotopic (exact) mass is 228 g/mol. The molecule has 0 radical (unpaired) electrons. The fraction of sp³-hybridized carbons (Fsp3) is 0.929. The molecule has 0 aromatic carbocycles. The van der Waals surface area contributed by atoms with Crippen LogP contribution in [0.15, 0.2) is 0 Å². The Morgan fingerprint density at radius 3 is 2.00 bits per heavy atom. The molecular weight excluding hydrogens is 200 g/mol. The Hall–Kier alpha value is -0.530. The summed E-state index contributed by atoms with van der Waals surface area (Å²) in [4.78, 5) is 10.7. The molecule has 0 saturated carbocycles. The molecule has 0 aliphatic heterocycles. The first kappa shape index (κ1) is 15.5. The predicted octanol–water partition coefficient (Wildman–Crippen LogP) is 4.47. The summed E-state index contributed by atoms with van der Waals surface area (Å²) in [7, 11) is 0. The van der Waals surface area contributed by atoms with Gasteiger partial charge in [0.15, 0.2) is 0 Å². The van der Waals surface area contributed by atoms with Crippen LogP contribution in [0.3, 0.4) is 0 Å². The quantitative estimate of drug-likeness (QED) is 0.407. The second-order valence-corrected chi connectivity index (χ2v) is 4.68. The number of rotatable bonds is 10. The lowest BCUT2D eigenvalue weighted by molar-refractivity contribution is -0.145. The summed E-state index contributed by atoms with van der Waals surface area (Å²) in [5.41, 5.74) is 0. The van der Waals surface area contributed by atoms with Gasteiger partial charge in [0.25, 0.3) is 0 Å². The molecule has 0 fully saturated rings. The zero-order chi connectivity index (χ0) is 12.2. The van der Waals surface area contributed by atoms with Crippen molar-refractivity contribution in [1.82, 2.24) is 0 Å². The van der Waals surface area contributed by atoms with E-state index in [2.05, 4.69) is 6.92 Å². The first-order valence-electron chi connectivity index (χ1n) is 6.84. The molecule has 0 bridgehead atoms. The highest BCUT2D eigenvalue weighted by atomic mass is 16.5. The van der Waals surface area contributed by atoms with E-state index in [1.807, 2.05) is 6.92 Å². The van der Waals surface area contributed by atoms with E-state index in [-0.39, 0.29) is 12.1 Å². The molecule has 0 rings (SSSR count). The van der Waals surface area contributed by atoms with Gasteiger partial charge in [-0.3, -0.25) is 4.79 Å². The Kier molecular flexibility index (Phi) is 10.6. The SMILES string of the molecule is CCCCCCCCCC[C@H](C)OC(C)=O. The van der Waals surface area contributed by atoms with Crippen LogP contribution in [0, 0.1) is 0 Å². The number of carbonyl (C=O) groups excluding carboxylic acids is 1. The summed E-state index contributed by atoms with van der Waals surface area (Å²) in [5, 5.41) is 0. The summed E-state index contributed by atoms with van der Waals surface area (Å²) in [5.74, 6) is -0.160. The third-order valence-electron chi connectivity index (χ3n) is 2.83. The maximum absolute atomic E-state index is 10.7. The number of unbranched alkanes of at least 4 members (excludes halogenated alkanes) is 7. The van der Waals surface area contributed by atoms with Gasteiger partial charge in [0.2, 0.25) is 0 Å². The largest absolute Gasteiger partial charge is 0.463 e. The van der Waals surface area contributed by atoms with E-state index in [9.17, 15) is 4.79 Å². The maximum Gasteiger partial charge on any atom is 0.302 e. The van der Waals surface area contributed by atoms with Crippen LogP contribution in [-0.2, 0) is 9.53 Å². The van der Waals surface area contributed by atoms with Gasteiger partial charge in [-0.1, -0.05) is 51.9 Å². The Balaban J connectivity index is 3.11. The number of carbonyl (C=O) groups is 1. The van der Waals surface area contributed by atoms with Crippen LogP contribution in [-0.4, -0.2) is 12.1 Å². The fourth-order valence-electron chi connectivity index (χ4n) is 1.91. The summed E-state index contributed by atoms with van der Waals surface area (Å²) in [6.45, 7) is 5.70. The van der Waals surface area contributed by atoms with Gasteiger partial charge in [-0.25, -0.2) is 0 Å².